The molecule has 1 aliphatic rings. The lowest BCUT2D eigenvalue weighted by molar-refractivity contribution is 0.0954. The van der Waals surface area contributed by atoms with E-state index in [9.17, 15) is 14.0 Å². The first-order chi connectivity index (χ1) is 19.0. The molecule has 39 heavy (non-hydrogen) atoms. The van der Waals surface area contributed by atoms with Gasteiger partial charge in [-0.15, -0.1) is 0 Å². The predicted molar refractivity (Wildman–Crippen MR) is 147 cm³/mol. The molecule has 4 rings (SSSR count). The van der Waals surface area contributed by atoms with Gasteiger partial charge in [0.1, 0.15) is 11.6 Å². The number of piperazine rings is 1. The number of nitrogens with zero attached hydrogens (tertiary/aromatic N) is 3. The van der Waals surface area contributed by atoms with Crippen LogP contribution in [0.1, 0.15) is 21.5 Å². The Morgan fingerprint density at radius 1 is 0.897 bits per heavy atom. The zero-order valence-electron chi connectivity index (χ0n) is 22.3. The van der Waals surface area contributed by atoms with E-state index >= 15 is 0 Å². The van der Waals surface area contributed by atoms with Crippen molar-refractivity contribution in [3.05, 3.63) is 83.3 Å². The molecular formula is C29H34FN5O4. The Balaban J connectivity index is 1.27. The molecule has 3 amide bonds. The summed E-state index contributed by atoms with van der Waals surface area (Å²) in [4.78, 5) is 33.9. The SMILES string of the molecule is COc1ccc(CCNC(=O)c2cccnc2N2CCN(C(=O)NCCc3ccccc3F)CC2)cc1OC. The third-order valence-corrected chi connectivity index (χ3v) is 6.67. The van der Waals surface area contributed by atoms with Crippen LogP contribution < -0.4 is 25.0 Å². The molecule has 1 aromatic heterocycles. The van der Waals surface area contributed by atoms with Gasteiger partial charge in [-0.2, -0.15) is 0 Å². The van der Waals surface area contributed by atoms with Crippen molar-refractivity contribution in [2.24, 2.45) is 0 Å². The molecule has 0 atom stereocenters. The van der Waals surface area contributed by atoms with Crippen LogP contribution in [-0.2, 0) is 12.8 Å². The largest absolute Gasteiger partial charge is 0.493 e. The first-order valence-corrected chi connectivity index (χ1v) is 13.0. The molecular weight excluding hydrogens is 501 g/mol. The van der Waals surface area contributed by atoms with E-state index in [1.165, 1.54) is 6.07 Å². The minimum atomic E-state index is -0.267. The maximum atomic E-state index is 13.8. The van der Waals surface area contributed by atoms with Gasteiger partial charge in [-0.25, -0.2) is 14.2 Å². The fourth-order valence-corrected chi connectivity index (χ4v) is 4.52. The fraction of sp³-hybridized carbons (Fsp3) is 0.345. The number of anilines is 1. The van der Waals surface area contributed by atoms with Crippen molar-refractivity contribution in [3.63, 3.8) is 0 Å². The second kappa shape index (κ2) is 13.5. The molecule has 2 N–H and O–H groups in total. The van der Waals surface area contributed by atoms with Crippen LogP contribution in [0.2, 0.25) is 0 Å². The van der Waals surface area contributed by atoms with Crippen LogP contribution in [0.25, 0.3) is 0 Å². The lowest BCUT2D eigenvalue weighted by atomic mass is 10.1. The van der Waals surface area contributed by atoms with E-state index in [-0.39, 0.29) is 17.8 Å². The highest BCUT2D eigenvalue weighted by Gasteiger charge is 2.25. The number of rotatable bonds is 10. The summed E-state index contributed by atoms with van der Waals surface area (Å²) in [5.74, 6) is 1.43. The van der Waals surface area contributed by atoms with Crippen molar-refractivity contribution in [1.29, 1.82) is 0 Å². The van der Waals surface area contributed by atoms with E-state index in [0.29, 0.717) is 80.6 Å². The summed E-state index contributed by atoms with van der Waals surface area (Å²) in [6, 6.07) is 15.6. The summed E-state index contributed by atoms with van der Waals surface area (Å²) in [5, 5.41) is 5.85. The molecule has 3 aromatic rings. The first kappa shape index (κ1) is 27.7. The molecule has 0 saturated carbocycles. The molecule has 1 saturated heterocycles. The number of nitrogens with one attached hydrogen (secondary N) is 2. The molecule has 206 valence electrons. The number of methoxy groups -OCH3 is 2. The second-order valence-corrected chi connectivity index (χ2v) is 9.12. The predicted octanol–water partition coefficient (Wildman–Crippen LogP) is 3.28. The standard InChI is InChI=1S/C29H34FN5O4/c1-38-25-10-9-21(20-26(25)39-2)11-14-32-28(36)23-7-5-13-31-27(23)34-16-18-35(19-17-34)29(37)33-15-12-22-6-3-4-8-24(22)30/h3-10,13,20H,11-12,14-19H2,1-2H3,(H,32,36)(H,33,37). The molecule has 0 radical (unpaired) electrons. The molecule has 0 aliphatic carbocycles. The van der Waals surface area contributed by atoms with Crippen LogP contribution in [0.3, 0.4) is 0 Å². The second-order valence-electron chi connectivity index (χ2n) is 9.12. The van der Waals surface area contributed by atoms with Crippen molar-refractivity contribution in [3.8, 4) is 11.5 Å². The molecule has 0 bridgehead atoms. The van der Waals surface area contributed by atoms with E-state index < -0.39 is 0 Å². The Bertz CT molecular complexity index is 1280. The molecule has 10 heteroatoms. The molecule has 0 unspecified atom stereocenters. The monoisotopic (exact) mass is 535 g/mol. The maximum Gasteiger partial charge on any atom is 0.317 e. The van der Waals surface area contributed by atoms with E-state index in [1.54, 1.807) is 55.6 Å². The lowest BCUT2D eigenvalue weighted by Crippen LogP contribution is -2.52. The fourth-order valence-electron chi connectivity index (χ4n) is 4.52. The van der Waals surface area contributed by atoms with Crippen molar-refractivity contribution < 1.29 is 23.5 Å². The van der Waals surface area contributed by atoms with Crippen LogP contribution in [-0.4, -0.2) is 75.3 Å². The van der Waals surface area contributed by atoms with Gasteiger partial charge in [-0.3, -0.25) is 4.79 Å². The molecule has 9 nitrogen and oxygen atoms in total. The van der Waals surface area contributed by atoms with Crippen molar-refractivity contribution in [2.75, 3.05) is 58.4 Å². The van der Waals surface area contributed by atoms with Gasteiger partial charge in [-0.05, 0) is 54.3 Å². The van der Waals surface area contributed by atoms with Gasteiger partial charge in [0.2, 0.25) is 0 Å². The van der Waals surface area contributed by atoms with Crippen molar-refractivity contribution in [1.82, 2.24) is 20.5 Å². The summed E-state index contributed by atoms with van der Waals surface area (Å²) >= 11 is 0. The Morgan fingerprint density at radius 3 is 2.38 bits per heavy atom. The number of urea groups is 1. The van der Waals surface area contributed by atoms with Gasteiger partial charge in [0.25, 0.3) is 5.91 Å². The van der Waals surface area contributed by atoms with Crippen LogP contribution >= 0.6 is 0 Å². The minimum absolute atomic E-state index is 0.180. The minimum Gasteiger partial charge on any atom is -0.493 e. The number of carbonyl (C=O) groups is 2. The van der Waals surface area contributed by atoms with Gasteiger partial charge < -0.3 is 29.9 Å². The maximum absolute atomic E-state index is 13.8. The Morgan fingerprint density at radius 2 is 1.64 bits per heavy atom. The zero-order valence-corrected chi connectivity index (χ0v) is 22.3. The summed E-state index contributed by atoms with van der Waals surface area (Å²) in [7, 11) is 3.18. The third-order valence-electron chi connectivity index (χ3n) is 6.67. The number of aromatic nitrogens is 1. The highest BCUT2D eigenvalue weighted by molar-refractivity contribution is 5.98. The van der Waals surface area contributed by atoms with Crippen LogP contribution in [0.4, 0.5) is 15.0 Å². The Kier molecular flexibility index (Phi) is 9.55. The third kappa shape index (κ3) is 7.16. The van der Waals surface area contributed by atoms with E-state index in [1.807, 2.05) is 23.1 Å². The molecule has 1 aliphatic heterocycles. The topological polar surface area (TPSA) is 96.0 Å². The average Bonchev–Trinajstić information content (AvgIpc) is 2.98. The van der Waals surface area contributed by atoms with Gasteiger partial charge in [-0.1, -0.05) is 24.3 Å². The number of carbonyl (C=O) groups excluding carboxylic acids is 2. The van der Waals surface area contributed by atoms with Gasteiger partial charge in [0.05, 0.1) is 19.8 Å². The summed E-state index contributed by atoms with van der Waals surface area (Å²) in [5.41, 5.74) is 2.09. The molecule has 0 spiro atoms. The highest BCUT2D eigenvalue weighted by atomic mass is 19.1. The number of hydrogen-bond donors (Lipinski definition) is 2. The molecule has 2 aromatic carbocycles. The Hall–Kier alpha value is -4.34. The molecule has 1 fully saturated rings. The quantitative estimate of drug-likeness (QED) is 0.414. The first-order valence-electron chi connectivity index (χ1n) is 13.0. The molecule has 2 heterocycles. The normalized spacial score (nSPS) is 13.1. The number of hydrogen-bond acceptors (Lipinski definition) is 6. The number of amides is 3. The summed E-state index contributed by atoms with van der Waals surface area (Å²) < 4.78 is 24.4. The van der Waals surface area contributed by atoms with E-state index in [4.69, 9.17) is 9.47 Å². The van der Waals surface area contributed by atoms with Crippen LogP contribution in [0, 0.1) is 5.82 Å². The van der Waals surface area contributed by atoms with Crippen molar-refractivity contribution >= 4 is 17.8 Å². The lowest BCUT2D eigenvalue weighted by Gasteiger charge is -2.36. The van der Waals surface area contributed by atoms with Crippen LogP contribution in [0.15, 0.2) is 60.8 Å². The zero-order chi connectivity index (χ0) is 27.6. The number of ether oxygens (including phenoxy) is 2. The van der Waals surface area contributed by atoms with E-state index in [0.717, 1.165) is 5.56 Å². The highest BCUT2D eigenvalue weighted by Crippen LogP contribution is 2.27. The summed E-state index contributed by atoms with van der Waals surface area (Å²) in [6.07, 6.45) is 2.72. The van der Waals surface area contributed by atoms with Gasteiger partial charge in [0.15, 0.2) is 11.5 Å². The smallest absolute Gasteiger partial charge is 0.317 e. The van der Waals surface area contributed by atoms with Gasteiger partial charge >= 0.3 is 6.03 Å². The summed E-state index contributed by atoms with van der Waals surface area (Å²) in [6.45, 7) is 2.87. The van der Waals surface area contributed by atoms with Crippen molar-refractivity contribution in [2.45, 2.75) is 12.8 Å². The van der Waals surface area contributed by atoms with E-state index in [2.05, 4.69) is 15.6 Å². The Labute approximate surface area is 227 Å². The number of halogens is 1. The number of pyridine rings is 1. The number of benzene rings is 2. The average molecular weight is 536 g/mol. The van der Waals surface area contributed by atoms with Gasteiger partial charge in [0, 0.05) is 45.5 Å². The van der Waals surface area contributed by atoms with Crippen LogP contribution in [0.5, 0.6) is 11.5 Å².